The van der Waals surface area contributed by atoms with Crippen LogP contribution in [0.25, 0.3) is 10.2 Å². The molecule has 25 heavy (non-hydrogen) atoms. The van der Waals surface area contributed by atoms with E-state index in [-0.39, 0.29) is 11.8 Å². The summed E-state index contributed by atoms with van der Waals surface area (Å²) in [6.45, 7) is 4.06. The number of amides is 2. The van der Waals surface area contributed by atoms with E-state index in [1.807, 2.05) is 18.2 Å². The van der Waals surface area contributed by atoms with E-state index in [2.05, 4.69) is 16.4 Å². The van der Waals surface area contributed by atoms with Crippen LogP contribution in [-0.2, 0) is 20.7 Å². The minimum Gasteiger partial charge on any atom is -0.378 e. The zero-order valence-electron chi connectivity index (χ0n) is 14.4. The molecule has 2 heterocycles. The van der Waals surface area contributed by atoms with Gasteiger partial charge in [0.15, 0.2) is 0 Å². The third-order valence-corrected chi connectivity index (χ3v) is 5.30. The Balaban J connectivity index is 1.42. The minimum absolute atomic E-state index is 0.0391. The molecule has 3 rings (SSSR count). The van der Waals surface area contributed by atoms with Crippen LogP contribution in [0.3, 0.4) is 0 Å². The van der Waals surface area contributed by atoms with Gasteiger partial charge in [-0.3, -0.25) is 9.59 Å². The number of nitrogens with one attached hydrogen (secondary N) is 1. The molecule has 0 aliphatic carbocycles. The fourth-order valence-electron chi connectivity index (χ4n) is 2.86. The highest BCUT2D eigenvalue weighted by atomic mass is 32.1. The summed E-state index contributed by atoms with van der Waals surface area (Å²) in [5, 5.41) is 3.85. The zero-order valence-corrected chi connectivity index (χ0v) is 15.2. The molecule has 1 atom stereocenters. The molecule has 0 saturated carbocycles. The van der Waals surface area contributed by atoms with Gasteiger partial charge in [0.05, 0.1) is 28.4 Å². The topological polar surface area (TPSA) is 71.5 Å². The van der Waals surface area contributed by atoms with Crippen LogP contribution in [-0.4, -0.2) is 54.0 Å². The van der Waals surface area contributed by atoms with Crippen molar-refractivity contribution in [2.45, 2.75) is 32.2 Å². The van der Waals surface area contributed by atoms with Crippen LogP contribution in [0, 0.1) is 0 Å². The third-order valence-electron chi connectivity index (χ3n) is 4.20. The van der Waals surface area contributed by atoms with Crippen molar-refractivity contribution in [3.8, 4) is 0 Å². The fraction of sp³-hybridized carbons (Fsp3) is 0.500. The molecule has 2 aromatic rings. The second-order valence-electron chi connectivity index (χ2n) is 6.16. The maximum atomic E-state index is 12.3. The number of thiazole rings is 1. The average Bonchev–Trinajstić information content (AvgIpc) is 3.04. The van der Waals surface area contributed by atoms with Gasteiger partial charge in [0.1, 0.15) is 6.04 Å². The van der Waals surface area contributed by atoms with E-state index in [4.69, 9.17) is 4.74 Å². The highest BCUT2D eigenvalue weighted by Crippen LogP contribution is 2.22. The zero-order chi connectivity index (χ0) is 17.6. The number of hydrogen-bond acceptors (Lipinski definition) is 5. The van der Waals surface area contributed by atoms with Gasteiger partial charge in [0.2, 0.25) is 11.8 Å². The first-order chi connectivity index (χ1) is 12.1. The number of aromatic nitrogens is 1. The molecule has 1 aromatic carbocycles. The molecule has 0 bridgehead atoms. The van der Waals surface area contributed by atoms with E-state index in [9.17, 15) is 9.59 Å². The number of nitrogens with zero attached hydrogens (tertiary/aromatic N) is 2. The van der Waals surface area contributed by atoms with Crippen molar-refractivity contribution in [1.29, 1.82) is 0 Å². The molecular formula is C18H23N3O3S. The molecule has 7 heteroatoms. The van der Waals surface area contributed by atoms with Crippen LogP contribution in [0.4, 0.5) is 0 Å². The van der Waals surface area contributed by atoms with Crippen molar-refractivity contribution < 1.29 is 14.3 Å². The number of benzene rings is 1. The smallest absolute Gasteiger partial charge is 0.245 e. The number of carbonyl (C=O) groups excluding carboxylic acids is 2. The molecule has 1 fully saturated rings. The van der Waals surface area contributed by atoms with Gasteiger partial charge in [0, 0.05) is 19.5 Å². The number of fused-ring (bicyclic) bond motifs is 1. The van der Waals surface area contributed by atoms with E-state index in [1.165, 1.54) is 4.70 Å². The molecule has 6 nitrogen and oxygen atoms in total. The van der Waals surface area contributed by atoms with Crippen molar-refractivity contribution in [3.05, 3.63) is 29.3 Å². The Labute approximate surface area is 151 Å². The van der Waals surface area contributed by atoms with E-state index in [1.54, 1.807) is 23.2 Å². The van der Waals surface area contributed by atoms with Gasteiger partial charge in [-0.05, 0) is 31.9 Å². The average molecular weight is 361 g/mol. The van der Waals surface area contributed by atoms with Crippen molar-refractivity contribution in [2.75, 3.05) is 26.3 Å². The summed E-state index contributed by atoms with van der Waals surface area (Å²) in [6, 6.07) is 7.55. The predicted octanol–water partition coefficient (Wildman–Crippen LogP) is 1.98. The maximum absolute atomic E-state index is 12.3. The van der Waals surface area contributed by atoms with Gasteiger partial charge < -0.3 is 15.0 Å². The van der Waals surface area contributed by atoms with Crippen LogP contribution in [0.2, 0.25) is 0 Å². The Morgan fingerprint density at radius 3 is 2.84 bits per heavy atom. The second-order valence-corrected chi connectivity index (χ2v) is 7.27. The molecule has 1 unspecified atom stereocenters. The SMILES string of the molecule is CC(NC(=O)CCCc1nc2ccccc2s1)C(=O)N1CCOCC1. The van der Waals surface area contributed by atoms with E-state index in [0.717, 1.165) is 23.4 Å². The van der Waals surface area contributed by atoms with Crippen molar-refractivity contribution >= 4 is 33.4 Å². The summed E-state index contributed by atoms with van der Waals surface area (Å²) < 4.78 is 6.41. The third kappa shape index (κ3) is 4.76. The summed E-state index contributed by atoms with van der Waals surface area (Å²) in [5.41, 5.74) is 1.01. The summed E-state index contributed by atoms with van der Waals surface area (Å²) >= 11 is 1.67. The summed E-state index contributed by atoms with van der Waals surface area (Å²) in [7, 11) is 0. The first kappa shape index (κ1) is 17.8. The normalized spacial score (nSPS) is 16.0. The van der Waals surface area contributed by atoms with Crippen LogP contribution in [0.5, 0.6) is 0 Å². The Bertz CT molecular complexity index is 707. The number of hydrogen-bond donors (Lipinski definition) is 1. The largest absolute Gasteiger partial charge is 0.378 e. The Morgan fingerprint density at radius 1 is 1.32 bits per heavy atom. The van der Waals surface area contributed by atoms with Gasteiger partial charge in [-0.25, -0.2) is 4.98 Å². The summed E-state index contributed by atoms with van der Waals surface area (Å²) in [4.78, 5) is 30.7. The molecular weight excluding hydrogens is 338 g/mol. The van der Waals surface area contributed by atoms with Crippen molar-refractivity contribution in [2.24, 2.45) is 0 Å². The summed E-state index contributed by atoms with van der Waals surface area (Å²) in [5.74, 6) is -0.127. The monoisotopic (exact) mass is 361 g/mol. The molecule has 0 radical (unpaired) electrons. The second kappa shape index (κ2) is 8.40. The quantitative estimate of drug-likeness (QED) is 0.854. The molecule has 2 amide bonds. The van der Waals surface area contributed by atoms with Gasteiger partial charge in [0.25, 0.3) is 0 Å². The Morgan fingerprint density at radius 2 is 2.08 bits per heavy atom. The van der Waals surface area contributed by atoms with Crippen molar-refractivity contribution in [1.82, 2.24) is 15.2 Å². The first-order valence-corrected chi connectivity index (χ1v) is 9.45. The van der Waals surface area contributed by atoms with E-state index >= 15 is 0 Å². The Hall–Kier alpha value is -1.99. The standard InChI is InChI=1S/C18H23N3O3S/c1-13(18(23)21-9-11-24-12-10-21)19-16(22)7-4-8-17-20-14-5-2-3-6-15(14)25-17/h2-3,5-6,13H,4,7-12H2,1H3,(H,19,22). The minimum atomic E-state index is -0.493. The number of ether oxygens (including phenoxy) is 1. The lowest BCUT2D eigenvalue weighted by molar-refractivity contribution is -0.139. The van der Waals surface area contributed by atoms with E-state index < -0.39 is 6.04 Å². The molecule has 0 spiro atoms. The lowest BCUT2D eigenvalue weighted by Gasteiger charge is -2.29. The number of para-hydroxylation sites is 1. The van der Waals surface area contributed by atoms with Crippen LogP contribution < -0.4 is 5.32 Å². The predicted molar refractivity (Wildman–Crippen MR) is 97.6 cm³/mol. The molecule has 1 N–H and O–H groups in total. The first-order valence-electron chi connectivity index (χ1n) is 8.64. The fourth-order valence-corrected chi connectivity index (χ4v) is 3.87. The molecule has 134 valence electrons. The lowest BCUT2D eigenvalue weighted by atomic mass is 10.2. The highest BCUT2D eigenvalue weighted by molar-refractivity contribution is 7.18. The highest BCUT2D eigenvalue weighted by Gasteiger charge is 2.23. The van der Waals surface area contributed by atoms with Crippen molar-refractivity contribution in [3.63, 3.8) is 0 Å². The number of rotatable bonds is 6. The summed E-state index contributed by atoms with van der Waals surface area (Å²) in [6.07, 6.45) is 1.90. The van der Waals surface area contributed by atoms with Crippen LogP contribution >= 0.6 is 11.3 Å². The number of morpholine rings is 1. The molecule has 1 aliphatic rings. The van der Waals surface area contributed by atoms with Gasteiger partial charge in [-0.2, -0.15) is 0 Å². The maximum Gasteiger partial charge on any atom is 0.245 e. The molecule has 1 aliphatic heterocycles. The van der Waals surface area contributed by atoms with Crippen LogP contribution in [0.1, 0.15) is 24.8 Å². The van der Waals surface area contributed by atoms with Gasteiger partial charge in [-0.15, -0.1) is 11.3 Å². The molecule has 1 aromatic heterocycles. The number of aryl methyl sites for hydroxylation is 1. The van der Waals surface area contributed by atoms with Crippen LogP contribution in [0.15, 0.2) is 24.3 Å². The van der Waals surface area contributed by atoms with Gasteiger partial charge in [-0.1, -0.05) is 12.1 Å². The number of carbonyl (C=O) groups is 2. The molecule has 1 saturated heterocycles. The Kier molecular flexibility index (Phi) is 5.99. The lowest BCUT2D eigenvalue weighted by Crippen LogP contribution is -2.50. The van der Waals surface area contributed by atoms with Gasteiger partial charge >= 0.3 is 0 Å². The van der Waals surface area contributed by atoms with E-state index in [0.29, 0.717) is 32.7 Å².